The Hall–Kier alpha value is -1.35. The summed E-state index contributed by atoms with van der Waals surface area (Å²) in [4.78, 5) is 15.4. The number of benzene rings is 1. The van der Waals surface area contributed by atoms with E-state index in [4.69, 9.17) is 0 Å². The minimum Gasteiger partial charge on any atom is -0.335 e. The van der Waals surface area contributed by atoms with Crippen LogP contribution >= 0.6 is 0 Å². The van der Waals surface area contributed by atoms with E-state index in [0.29, 0.717) is 5.91 Å². The van der Waals surface area contributed by atoms with Crippen LogP contribution in [-0.2, 0) is 4.79 Å². The fraction of sp³-hybridized carbons (Fsp3) is 0.611. The number of hydrogen-bond donors (Lipinski definition) is 1. The monoisotopic (exact) mass is 286 g/mol. The van der Waals surface area contributed by atoms with Crippen LogP contribution in [0, 0.1) is 5.41 Å². The summed E-state index contributed by atoms with van der Waals surface area (Å²) < 4.78 is 0. The predicted octanol–water partition coefficient (Wildman–Crippen LogP) is 3.13. The minimum absolute atomic E-state index is 0.147. The van der Waals surface area contributed by atoms with Crippen molar-refractivity contribution in [2.75, 3.05) is 19.6 Å². The topological polar surface area (TPSA) is 32.3 Å². The number of carbonyl (C=O) groups is 1. The van der Waals surface area contributed by atoms with Crippen LogP contribution in [0.5, 0.6) is 0 Å². The van der Waals surface area contributed by atoms with E-state index in [-0.39, 0.29) is 11.5 Å². The van der Waals surface area contributed by atoms with Crippen molar-refractivity contribution in [2.45, 2.75) is 45.1 Å². The lowest BCUT2D eigenvalue weighted by atomic mass is 9.80. The Balaban J connectivity index is 1.82. The lowest BCUT2D eigenvalue weighted by molar-refractivity contribution is -0.142. The maximum absolute atomic E-state index is 13.2. The number of amides is 1. The molecule has 2 aliphatic heterocycles. The molecule has 2 fully saturated rings. The smallest absolute Gasteiger partial charge is 0.230 e. The summed E-state index contributed by atoms with van der Waals surface area (Å²) in [6, 6.07) is 10.8. The van der Waals surface area contributed by atoms with E-state index in [1.165, 1.54) is 5.56 Å². The highest BCUT2D eigenvalue weighted by Gasteiger charge is 2.45. The predicted molar refractivity (Wildman–Crippen MR) is 85.0 cm³/mol. The highest BCUT2D eigenvalue weighted by Crippen LogP contribution is 2.39. The second kappa shape index (κ2) is 6.18. The van der Waals surface area contributed by atoms with Crippen LogP contribution in [-0.4, -0.2) is 30.4 Å². The molecule has 1 N–H and O–H groups in total. The molecule has 0 radical (unpaired) electrons. The van der Waals surface area contributed by atoms with E-state index in [0.717, 1.165) is 51.7 Å². The van der Waals surface area contributed by atoms with Crippen LogP contribution in [0.2, 0.25) is 0 Å². The highest BCUT2D eigenvalue weighted by molar-refractivity contribution is 5.84. The lowest BCUT2D eigenvalue weighted by Crippen LogP contribution is -2.45. The van der Waals surface area contributed by atoms with Crippen molar-refractivity contribution in [1.82, 2.24) is 10.2 Å². The van der Waals surface area contributed by atoms with Gasteiger partial charge in [0.15, 0.2) is 0 Å². The summed E-state index contributed by atoms with van der Waals surface area (Å²) in [6.45, 7) is 4.95. The van der Waals surface area contributed by atoms with E-state index < -0.39 is 0 Å². The number of hydrogen-bond acceptors (Lipinski definition) is 2. The number of nitrogens with zero attached hydrogens (tertiary/aromatic N) is 1. The first-order valence-corrected chi connectivity index (χ1v) is 8.33. The SMILES string of the molecule is CCCC1(C(=O)N2CCCC2c2ccccc2)CCNC1. The molecule has 0 spiro atoms. The molecule has 2 saturated heterocycles. The van der Waals surface area contributed by atoms with Gasteiger partial charge in [-0.3, -0.25) is 4.79 Å². The zero-order chi connectivity index (χ0) is 14.7. The summed E-state index contributed by atoms with van der Waals surface area (Å²) in [5, 5.41) is 3.41. The maximum Gasteiger partial charge on any atom is 0.230 e. The molecule has 2 aliphatic rings. The first-order chi connectivity index (χ1) is 10.3. The van der Waals surface area contributed by atoms with Crippen molar-refractivity contribution in [2.24, 2.45) is 5.41 Å². The van der Waals surface area contributed by atoms with Gasteiger partial charge < -0.3 is 10.2 Å². The third-order valence-electron chi connectivity index (χ3n) is 5.12. The first kappa shape index (κ1) is 14.6. The molecule has 2 heterocycles. The summed E-state index contributed by atoms with van der Waals surface area (Å²) >= 11 is 0. The molecular weight excluding hydrogens is 260 g/mol. The minimum atomic E-state index is -0.147. The summed E-state index contributed by atoms with van der Waals surface area (Å²) in [5.41, 5.74) is 1.15. The third-order valence-corrected chi connectivity index (χ3v) is 5.12. The number of rotatable bonds is 4. The van der Waals surface area contributed by atoms with Crippen LogP contribution in [0.1, 0.15) is 50.6 Å². The van der Waals surface area contributed by atoms with Crippen molar-refractivity contribution in [3.05, 3.63) is 35.9 Å². The summed E-state index contributed by atoms with van der Waals surface area (Å²) in [7, 11) is 0. The van der Waals surface area contributed by atoms with Gasteiger partial charge in [-0.15, -0.1) is 0 Å². The molecular formula is C18H26N2O. The number of likely N-dealkylation sites (tertiary alicyclic amines) is 1. The van der Waals surface area contributed by atoms with Gasteiger partial charge in [0.25, 0.3) is 0 Å². The molecule has 0 aromatic heterocycles. The molecule has 0 saturated carbocycles. The van der Waals surface area contributed by atoms with E-state index >= 15 is 0 Å². The van der Waals surface area contributed by atoms with E-state index in [2.05, 4.69) is 41.4 Å². The Morgan fingerprint density at radius 2 is 2.19 bits per heavy atom. The second-order valence-corrected chi connectivity index (χ2v) is 6.52. The summed E-state index contributed by atoms with van der Waals surface area (Å²) in [6.07, 6.45) is 5.32. The van der Waals surface area contributed by atoms with Crippen LogP contribution < -0.4 is 5.32 Å². The van der Waals surface area contributed by atoms with Gasteiger partial charge in [0.1, 0.15) is 0 Å². The molecule has 3 nitrogen and oxygen atoms in total. The van der Waals surface area contributed by atoms with E-state index in [1.54, 1.807) is 0 Å². The Morgan fingerprint density at radius 3 is 2.86 bits per heavy atom. The molecule has 3 rings (SSSR count). The largest absolute Gasteiger partial charge is 0.335 e. The third kappa shape index (κ3) is 2.71. The standard InChI is InChI=1S/C18H26N2O/c1-2-10-18(11-12-19-14-18)17(21)20-13-6-9-16(20)15-7-4-3-5-8-15/h3-5,7-8,16,19H,2,6,9-14H2,1H3. The van der Waals surface area contributed by atoms with Gasteiger partial charge in [-0.25, -0.2) is 0 Å². The zero-order valence-corrected chi connectivity index (χ0v) is 13.0. The van der Waals surface area contributed by atoms with Gasteiger partial charge in [-0.05, 0) is 37.8 Å². The Bertz CT molecular complexity index is 479. The Kier molecular flexibility index (Phi) is 4.29. The van der Waals surface area contributed by atoms with Gasteiger partial charge in [0.05, 0.1) is 11.5 Å². The zero-order valence-electron chi connectivity index (χ0n) is 13.0. The molecule has 1 amide bonds. The van der Waals surface area contributed by atoms with Crippen LogP contribution in [0.3, 0.4) is 0 Å². The number of carbonyl (C=O) groups excluding carboxylic acids is 1. The van der Waals surface area contributed by atoms with Crippen molar-refractivity contribution in [3.63, 3.8) is 0 Å². The van der Waals surface area contributed by atoms with Crippen molar-refractivity contribution < 1.29 is 4.79 Å². The van der Waals surface area contributed by atoms with Gasteiger partial charge in [0.2, 0.25) is 5.91 Å². The van der Waals surface area contributed by atoms with Crippen LogP contribution in [0.25, 0.3) is 0 Å². The van der Waals surface area contributed by atoms with Crippen molar-refractivity contribution >= 4 is 5.91 Å². The molecule has 21 heavy (non-hydrogen) atoms. The Morgan fingerprint density at radius 1 is 1.38 bits per heavy atom. The molecule has 2 unspecified atom stereocenters. The van der Waals surface area contributed by atoms with Gasteiger partial charge >= 0.3 is 0 Å². The molecule has 0 aliphatic carbocycles. The lowest BCUT2D eigenvalue weighted by Gasteiger charge is -2.35. The fourth-order valence-electron chi connectivity index (χ4n) is 4.06. The average molecular weight is 286 g/mol. The molecule has 2 atom stereocenters. The molecule has 3 heteroatoms. The second-order valence-electron chi connectivity index (χ2n) is 6.52. The van der Waals surface area contributed by atoms with Gasteiger partial charge in [-0.1, -0.05) is 43.7 Å². The van der Waals surface area contributed by atoms with Crippen LogP contribution in [0.4, 0.5) is 0 Å². The Labute approximate surface area is 127 Å². The number of nitrogens with one attached hydrogen (secondary N) is 1. The molecule has 0 bridgehead atoms. The van der Waals surface area contributed by atoms with Gasteiger partial charge in [0, 0.05) is 13.1 Å². The molecule has 1 aromatic carbocycles. The van der Waals surface area contributed by atoms with E-state index in [1.807, 2.05) is 6.07 Å². The van der Waals surface area contributed by atoms with Crippen molar-refractivity contribution in [1.29, 1.82) is 0 Å². The highest BCUT2D eigenvalue weighted by atomic mass is 16.2. The molecule has 114 valence electrons. The van der Waals surface area contributed by atoms with E-state index in [9.17, 15) is 4.79 Å². The maximum atomic E-state index is 13.2. The van der Waals surface area contributed by atoms with Crippen LogP contribution in [0.15, 0.2) is 30.3 Å². The van der Waals surface area contributed by atoms with Gasteiger partial charge in [-0.2, -0.15) is 0 Å². The van der Waals surface area contributed by atoms with Crippen molar-refractivity contribution in [3.8, 4) is 0 Å². The normalized spacial score (nSPS) is 29.0. The summed E-state index contributed by atoms with van der Waals surface area (Å²) in [5.74, 6) is 0.390. The first-order valence-electron chi connectivity index (χ1n) is 8.33. The quantitative estimate of drug-likeness (QED) is 0.922. The molecule has 1 aromatic rings. The fourth-order valence-corrected chi connectivity index (χ4v) is 4.06. The average Bonchev–Trinajstić information content (AvgIpc) is 3.17.